The van der Waals surface area contributed by atoms with Gasteiger partial charge in [-0.05, 0) is 31.0 Å². The van der Waals surface area contributed by atoms with Crippen LogP contribution in [0.4, 0.5) is 16.0 Å². The summed E-state index contributed by atoms with van der Waals surface area (Å²) in [6, 6.07) is 8.40. The Labute approximate surface area is 112 Å². The van der Waals surface area contributed by atoms with Crippen LogP contribution in [0, 0.1) is 12.7 Å². The standard InChI is InChI=1S/C14H17FN4/c1-10-18-13(16-2)9-14(19-10)17-8-7-11-3-5-12(15)6-4-11/h3-6,9H,7-8H2,1-2H3,(H2,16,17,18,19). The summed E-state index contributed by atoms with van der Waals surface area (Å²) >= 11 is 0. The molecule has 0 bridgehead atoms. The van der Waals surface area contributed by atoms with Gasteiger partial charge < -0.3 is 10.6 Å². The Balaban J connectivity index is 1.92. The molecule has 0 unspecified atom stereocenters. The van der Waals surface area contributed by atoms with Crippen LogP contribution in [0.5, 0.6) is 0 Å². The molecule has 1 heterocycles. The second-order valence-corrected chi connectivity index (χ2v) is 4.24. The fourth-order valence-corrected chi connectivity index (χ4v) is 1.77. The predicted octanol–water partition coefficient (Wildman–Crippen LogP) is 2.62. The number of nitrogens with one attached hydrogen (secondary N) is 2. The van der Waals surface area contributed by atoms with Crippen LogP contribution in [-0.4, -0.2) is 23.6 Å². The summed E-state index contributed by atoms with van der Waals surface area (Å²) in [5, 5.41) is 6.23. The third kappa shape index (κ3) is 3.91. The van der Waals surface area contributed by atoms with Gasteiger partial charge in [0.05, 0.1) is 0 Å². The molecule has 0 aliphatic carbocycles. The Bertz CT molecular complexity index is 540. The molecule has 0 aliphatic heterocycles. The van der Waals surface area contributed by atoms with Crippen molar-refractivity contribution in [2.75, 3.05) is 24.2 Å². The second kappa shape index (κ2) is 6.13. The Morgan fingerprint density at radius 1 is 1.11 bits per heavy atom. The molecule has 2 aromatic rings. The molecule has 0 saturated carbocycles. The van der Waals surface area contributed by atoms with Gasteiger partial charge in [0.2, 0.25) is 0 Å². The summed E-state index contributed by atoms with van der Waals surface area (Å²) in [5.41, 5.74) is 1.09. The SMILES string of the molecule is CNc1cc(NCCc2ccc(F)cc2)nc(C)n1. The quantitative estimate of drug-likeness (QED) is 0.867. The molecule has 0 amide bonds. The smallest absolute Gasteiger partial charge is 0.131 e. The summed E-state index contributed by atoms with van der Waals surface area (Å²) in [7, 11) is 1.82. The van der Waals surface area contributed by atoms with Crippen molar-refractivity contribution >= 4 is 11.6 Å². The van der Waals surface area contributed by atoms with E-state index in [0.717, 1.165) is 36.0 Å². The first-order valence-electron chi connectivity index (χ1n) is 6.19. The largest absolute Gasteiger partial charge is 0.373 e. The highest BCUT2D eigenvalue weighted by Crippen LogP contribution is 2.10. The van der Waals surface area contributed by atoms with Crippen molar-refractivity contribution in [1.82, 2.24) is 9.97 Å². The van der Waals surface area contributed by atoms with E-state index in [1.54, 1.807) is 12.1 Å². The van der Waals surface area contributed by atoms with Crippen LogP contribution in [0.3, 0.4) is 0 Å². The molecule has 0 atom stereocenters. The van der Waals surface area contributed by atoms with Gasteiger partial charge in [-0.15, -0.1) is 0 Å². The first kappa shape index (κ1) is 13.3. The zero-order valence-corrected chi connectivity index (χ0v) is 11.1. The third-order valence-corrected chi connectivity index (χ3v) is 2.73. The Kier molecular flexibility index (Phi) is 4.28. The third-order valence-electron chi connectivity index (χ3n) is 2.73. The number of hydrogen-bond acceptors (Lipinski definition) is 4. The lowest BCUT2D eigenvalue weighted by atomic mass is 10.1. The molecule has 0 fully saturated rings. The topological polar surface area (TPSA) is 49.8 Å². The normalized spacial score (nSPS) is 10.3. The Hall–Kier alpha value is -2.17. The molecule has 1 aromatic heterocycles. The lowest BCUT2D eigenvalue weighted by Crippen LogP contribution is -2.08. The van der Waals surface area contributed by atoms with Gasteiger partial charge in [0.15, 0.2) is 0 Å². The van der Waals surface area contributed by atoms with Crippen LogP contribution >= 0.6 is 0 Å². The second-order valence-electron chi connectivity index (χ2n) is 4.24. The fraction of sp³-hybridized carbons (Fsp3) is 0.286. The van der Waals surface area contributed by atoms with Crippen molar-refractivity contribution < 1.29 is 4.39 Å². The number of hydrogen-bond donors (Lipinski definition) is 2. The molecule has 0 saturated heterocycles. The number of aromatic nitrogens is 2. The first-order valence-corrected chi connectivity index (χ1v) is 6.19. The highest BCUT2D eigenvalue weighted by molar-refractivity contribution is 5.47. The zero-order valence-electron chi connectivity index (χ0n) is 11.1. The van der Waals surface area contributed by atoms with E-state index < -0.39 is 0 Å². The van der Waals surface area contributed by atoms with E-state index in [4.69, 9.17) is 0 Å². The molecular formula is C14H17FN4. The Morgan fingerprint density at radius 3 is 2.47 bits per heavy atom. The van der Waals surface area contributed by atoms with Gasteiger partial charge in [-0.1, -0.05) is 12.1 Å². The predicted molar refractivity (Wildman–Crippen MR) is 74.9 cm³/mol. The van der Waals surface area contributed by atoms with Crippen molar-refractivity contribution in [1.29, 1.82) is 0 Å². The van der Waals surface area contributed by atoms with Gasteiger partial charge in [0.1, 0.15) is 23.3 Å². The summed E-state index contributed by atoms with van der Waals surface area (Å²) in [4.78, 5) is 8.53. The first-order chi connectivity index (χ1) is 9.17. The number of nitrogens with zero attached hydrogens (tertiary/aromatic N) is 2. The maximum absolute atomic E-state index is 12.8. The highest BCUT2D eigenvalue weighted by atomic mass is 19.1. The molecule has 0 radical (unpaired) electrons. The van der Waals surface area contributed by atoms with E-state index in [9.17, 15) is 4.39 Å². The minimum absolute atomic E-state index is 0.207. The van der Waals surface area contributed by atoms with Gasteiger partial charge in [0, 0.05) is 19.7 Å². The number of halogens is 1. The highest BCUT2D eigenvalue weighted by Gasteiger charge is 2.00. The van der Waals surface area contributed by atoms with Crippen LogP contribution in [0.25, 0.3) is 0 Å². The molecule has 19 heavy (non-hydrogen) atoms. The van der Waals surface area contributed by atoms with Crippen molar-refractivity contribution in [2.24, 2.45) is 0 Å². The lowest BCUT2D eigenvalue weighted by Gasteiger charge is -2.08. The Morgan fingerprint density at radius 2 is 1.79 bits per heavy atom. The number of aryl methyl sites for hydroxylation is 1. The molecule has 5 heteroatoms. The van der Waals surface area contributed by atoms with Crippen LogP contribution in [0.2, 0.25) is 0 Å². The summed E-state index contributed by atoms with van der Waals surface area (Å²) in [5.74, 6) is 2.09. The van der Waals surface area contributed by atoms with E-state index in [1.165, 1.54) is 12.1 Å². The maximum Gasteiger partial charge on any atom is 0.131 e. The van der Waals surface area contributed by atoms with Crippen molar-refractivity contribution in [3.63, 3.8) is 0 Å². The van der Waals surface area contributed by atoms with E-state index >= 15 is 0 Å². The molecular weight excluding hydrogens is 243 g/mol. The number of rotatable bonds is 5. The van der Waals surface area contributed by atoms with Gasteiger partial charge in [-0.3, -0.25) is 0 Å². The minimum Gasteiger partial charge on any atom is -0.373 e. The van der Waals surface area contributed by atoms with Crippen LogP contribution < -0.4 is 10.6 Å². The maximum atomic E-state index is 12.8. The number of benzene rings is 1. The van der Waals surface area contributed by atoms with Crippen molar-refractivity contribution in [3.8, 4) is 0 Å². The summed E-state index contributed by atoms with van der Waals surface area (Å²) in [6.07, 6.45) is 0.818. The average Bonchev–Trinajstić information content (AvgIpc) is 2.40. The van der Waals surface area contributed by atoms with Crippen LogP contribution in [0.15, 0.2) is 30.3 Å². The zero-order chi connectivity index (χ0) is 13.7. The molecule has 2 rings (SSSR count). The molecule has 0 spiro atoms. The van der Waals surface area contributed by atoms with E-state index in [0.29, 0.717) is 0 Å². The van der Waals surface area contributed by atoms with E-state index in [2.05, 4.69) is 20.6 Å². The molecule has 1 aromatic carbocycles. The number of anilines is 2. The van der Waals surface area contributed by atoms with Gasteiger partial charge in [-0.2, -0.15) is 0 Å². The molecule has 100 valence electrons. The van der Waals surface area contributed by atoms with Gasteiger partial charge in [0.25, 0.3) is 0 Å². The van der Waals surface area contributed by atoms with E-state index in [1.807, 2.05) is 20.0 Å². The van der Waals surface area contributed by atoms with Gasteiger partial charge >= 0.3 is 0 Å². The monoisotopic (exact) mass is 260 g/mol. The molecule has 4 nitrogen and oxygen atoms in total. The van der Waals surface area contributed by atoms with Crippen molar-refractivity contribution in [3.05, 3.63) is 47.5 Å². The summed E-state index contributed by atoms with van der Waals surface area (Å²) in [6.45, 7) is 2.59. The van der Waals surface area contributed by atoms with Crippen LogP contribution in [0.1, 0.15) is 11.4 Å². The van der Waals surface area contributed by atoms with Crippen LogP contribution in [-0.2, 0) is 6.42 Å². The van der Waals surface area contributed by atoms with Crippen molar-refractivity contribution in [2.45, 2.75) is 13.3 Å². The molecule has 0 aliphatic rings. The average molecular weight is 260 g/mol. The van der Waals surface area contributed by atoms with E-state index in [-0.39, 0.29) is 5.82 Å². The lowest BCUT2D eigenvalue weighted by molar-refractivity contribution is 0.627. The minimum atomic E-state index is -0.207. The summed E-state index contributed by atoms with van der Waals surface area (Å²) < 4.78 is 12.8. The fourth-order valence-electron chi connectivity index (χ4n) is 1.77. The van der Waals surface area contributed by atoms with Gasteiger partial charge in [-0.25, -0.2) is 14.4 Å². The molecule has 2 N–H and O–H groups in total.